The zero-order chi connectivity index (χ0) is 14.9. The largest absolute Gasteiger partial charge is 0.444 e. The highest BCUT2D eigenvalue weighted by atomic mass is 35.5. The third-order valence-electron chi connectivity index (χ3n) is 4.10. The number of aromatic nitrogens is 1. The van der Waals surface area contributed by atoms with Crippen molar-refractivity contribution in [3.63, 3.8) is 0 Å². The Balaban J connectivity index is 1.94. The van der Waals surface area contributed by atoms with Crippen molar-refractivity contribution in [2.45, 2.75) is 25.4 Å². The van der Waals surface area contributed by atoms with Crippen LogP contribution in [-0.4, -0.2) is 22.4 Å². The van der Waals surface area contributed by atoms with E-state index in [0.717, 1.165) is 31.4 Å². The molecule has 1 aromatic heterocycles. The molecule has 2 heterocycles. The van der Waals surface area contributed by atoms with Gasteiger partial charge in [0.15, 0.2) is 6.04 Å². The molecule has 1 aliphatic heterocycles. The molecule has 1 aromatic carbocycles. The highest BCUT2D eigenvalue weighted by Crippen LogP contribution is 2.40. The molecule has 0 radical (unpaired) electrons. The first-order chi connectivity index (χ1) is 10.1. The van der Waals surface area contributed by atoms with Gasteiger partial charge in [-0.2, -0.15) is 0 Å². The van der Waals surface area contributed by atoms with E-state index in [0.29, 0.717) is 22.5 Å². The molecule has 4 nitrogen and oxygen atoms in total. The van der Waals surface area contributed by atoms with E-state index in [1.54, 1.807) is 24.6 Å². The standard InChI is InChI=1S/C15H15Cl2N2O2/c16-12-4-3-11(13(17)8-12)9-19(10-20)6-1-2-14(19)15-18-5-7-21-15/h3-5,7-8,10,14H,1-2,6,9H2/q+1. The first-order valence-electron chi connectivity index (χ1n) is 6.81. The van der Waals surface area contributed by atoms with E-state index in [9.17, 15) is 4.79 Å². The van der Waals surface area contributed by atoms with Crippen LogP contribution in [-0.2, 0) is 11.3 Å². The van der Waals surface area contributed by atoms with Gasteiger partial charge in [0.25, 0.3) is 5.89 Å². The molecule has 0 saturated carbocycles. The molecular formula is C15H15Cl2N2O2+. The van der Waals surface area contributed by atoms with Gasteiger partial charge in [-0.3, -0.25) is 0 Å². The quantitative estimate of drug-likeness (QED) is 0.630. The molecule has 0 spiro atoms. The first-order valence-corrected chi connectivity index (χ1v) is 7.56. The van der Waals surface area contributed by atoms with Crippen molar-refractivity contribution in [3.05, 3.63) is 52.2 Å². The second-order valence-electron chi connectivity index (χ2n) is 5.35. The van der Waals surface area contributed by atoms with Gasteiger partial charge in [0.2, 0.25) is 0 Å². The molecule has 0 bridgehead atoms. The molecule has 1 aliphatic rings. The van der Waals surface area contributed by atoms with E-state index in [4.69, 9.17) is 27.6 Å². The zero-order valence-corrected chi connectivity index (χ0v) is 12.8. The number of halogens is 2. The average molecular weight is 326 g/mol. The number of carbonyl (C=O) groups excluding carboxylic acids is 1. The number of amides is 1. The van der Waals surface area contributed by atoms with Crippen molar-refractivity contribution in [1.29, 1.82) is 0 Å². The Morgan fingerprint density at radius 1 is 1.43 bits per heavy atom. The Labute approximate surface area is 132 Å². The van der Waals surface area contributed by atoms with Gasteiger partial charge in [-0.05, 0) is 12.1 Å². The number of hydrogen-bond acceptors (Lipinski definition) is 3. The summed E-state index contributed by atoms with van der Waals surface area (Å²) in [4.78, 5) is 16.1. The highest BCUT2D eigenvalue weighted by molar-refractivity contribution is 6.35. The lowest BCUT2D eigenvalue weighted by Crippen LogP contribution is -2.45. The Hall–Kier alpha value is -1.36. The van der Waals surface area contributed by atoms with E-state index in [1.165, 1.54) is 0 Å². The molecule has 0 N–H and O–H groups in total. The van der Waals surface area contributed by atoms with Gasteiger partial charge >= 0.3 is 6.41 Å². The predicted molar refractivity (Wildman–Crippen MR) is 79.8 cm³/mol. The first kappa shape index (κ1) is 14.6. The summed E-state index contributed by atoms with van der Waals surface area (Å²) in [6, 6.07) is 5.32. The Morgan fingerprint density at radius 3 is 2.95 bits per heavy atom. The summed E-state index contributed by atoms with van der Waals surface area (Å²) < 4.78 is 5.69. The van der Waals surface area contributed by atoms with E-state index in [2.05, 4.69) is 4.98 Å². The molecule has 3 rings (SSSR count). The monoisotopic (exact) mass is 325 g/mol. The van der Waals surface area contributed by atoms with Crippen LogP contribution in [0.5, 0.6) is 0 Å². The number of carbonyl (C=O) groups is 1. The fraction of sp³-hybridized carbons (Fsp3) is 0.333. The van der Waals surface area contributed by atoms with Crippen LogP contribution < -0.4 is 0 Å². The van der Waals surface area contributed by atoms with Crippen LogP contribution in [0.4, 0.5) is 0 Å². The second-order valence-corrected chi connectivity index (χ2v) is 6.20. The van der Waals surface area contributed by atoms with Crippen LogP contribution in [0.2, 0.25) is 10.0 Å². The number of oxazole rings is 1. The van der Waals surface area contributed by atoms with E-state index in [-0.39, 0.29) is 10.5 Å². The summed E-state index contributed by atoms with van der Waals surface area (Å²) in [6.45, 7) is 1.28. The average Bonchev–Trinajstić information content (AvgIpc) is 3.11. The van der Waals surface area contributed by atoms with Crippen molar-refractivity contribution < 1.29 is 13.7 Å². The van der Waals surface area contributed by atoms with Gasteiger partial charge in [0, 0.05) is 23.4 Å². The molecule has 0 aliphatic carbocycles. The maximum Gasteiger partial charge on any atom is 0.302 e. The number of benzene rings is 1. The van der Waals surface area contributed by atoms with Crippen molar-refractivity contribution in [3.8, 4) is 0 Å². The van der Waals surface area contributed by atoms with Gasteiger partial charge in [0.05, 0.1) is 17.8 Å². The van der Waals surface area contributed by atoms with Gasteiger partial charge < -0.3 is 4.42 Å². The van der Waals surface area contributed by atoms with Gasteiger partial charge in [-0.1, -0.05) is 29.3 Å². The summed E-state index contributed by atoms with van der Waals surface area (Å²) in [5.74, 6) is 0.615. The third-order valence-corrected chi connectivity index (χ3v) is 4.69. The summed E-state index contributed by atoms with van der Waals surface area (Å²) >= 11 is 12.2. The molecule has 2 atom stereocenters. The molecule has 2 aromatic rings. The molecular weight excluding hydrogens is 311 g/mol. The van der Waals surface area contributed by atoms with E-state index < -0.39 is 0 Å². The van der Waals surface area contributed by atoms with Gasteiger partial charge in [-0.15, -0.1) is 0 Å². The molecule has 1 fully saturated rings. The van der Waals surface area contributed by atoms with Crippen LogP contribution in [0.1, 0.15) is 30.3 Å². The number of quaternary nitrogens is 1. The smallest absolute Gasteiger partial charge is 0.302 e. The number of hydrogen-bond donors (Lipinski definition) is 0. The number of rotatable bonds is 4. The van der Waals surface area contributed by atoms with Crippen molar-refractivity contribution >= 4 is 29.6 Å². The van der Waals surface area contributed by atoms with Gasteiger partial charge in [0.1, 0.15) is 12.8 Å². The number of likely N-dealkylation sites (tertiary alicyclic amines) is 1. The second kappa shape index (κ2) is 5.79. The topological polar surface area (TPSA) is 43.1 Å². The zero-order valence-electron chi connectivity index (χ0n) is 11.3. The molecule has 110 valence electrons. The summed E-state index contributed by atoms with van der Waals surface area (Å²) in [5, 5.41) is 1.17. The molecule has 1 saturated heterocycles. The van der Waals surface area contributed by atoms with Crippen molar-refractivity contribution in [1.82, 2.24) is 4.98 Å². The SMILES string of the molecule is O=C[N+]1(Cc2ccc(Cl)cc2Cl)CCCC1c1ncco1. The van der Waals surface area contributed by atoms with Crippen LogP contribution in [0.3, 0.4) is 0 Å². The minimum Gasteiger partial charge on any atom is -0.444 e. The lowest BCUT2D eigenvalue weighted by molar-refractivity contribution is -0.878. The highest BCUT2D eigenvalue weighted by Gasteiger charge is 2.46. The van der Waals surface area contributed by atoms with Crippen LogP contribution in [0.15, 0.2) is 35.1 Å². The minimum atomic E-state index is -0.0516. The summed E-state index contributed by atoms with van der Waals surface area (Å²) in [5.41, 5.74) is 0.909. The lowest BCUT2D eigenvalue weighted by Gasteiger charge is -2.32. The molecule has 21 heavy (non-hydrogen) atoms. The Morgan fingerprint density at radius 2 is 2.29 bits per heavy atom. The normalized spacial score (nSPS) is 25.1. The van der Waals surface area contributed by atoms with Crippen molar-refractivity contribution in [2.24, 2.45) is 0 Å². The maximum absolute atomic E-state index is 11.9. The Bertz CT molecular complexity index is 645. The number of nitrogens with zero attached hydrogens (tertiary/aromatic N) is 2. The van der Waals surface area contributed by atoms with Crippen LogP contribution in [0, 0.1) is 0 Å². The van der Waals surface area contributed by atoms with E-state index in [1.807, 2.05) is 6.07 Å². The van der Waals surface area contributed by atoms with Crippen molar-refractivity contribution in [2.75, 3.05) is 6.54 Å². The third kappa shape index (κ3) is 2.71. The maximum atomic E-state index is 11.9. The predicted octanol–water partition coefficient (Wildman–Crippen LogP) is 3.99. The summed E-state index contributed by atoms with van der Waals surface area (Å²) in [6.07, 6.45) is 5.99. The summed E-state index contributed by atoms with van der Waals surface area (Å²) in [7, 11) is 0. The fourth-order valence-corrected chi connectivity index (χ4v) is 3.52. The molecule has 1 amide bonds. The lowest BCUT2D eigenvalue weighted by atomic mass is 10.1. The van der Waals surface area contributed by atoms with Crippen LogP contribution >= 0.6 is 23.2 Å². The molecule has 6 heteroatoms. The minimum absolute atomic E-state index is 0.0516. The fourth-order valence-electron chi connectivity index (χ4n) is 3.05. The van der Waals surface area contributed by atoms with E-state index >= 15 is 0 Å². The molecule has 2 unspecified atom stereocenters. The van der Waals surface area contributed by atoms with Gasteiger partial charge in [-0.25, -0.2) is 14.3 Å². The Kier molecular flexibility index (Phi) is 4.02. The van der Waals surface area contributed by atoms with Crippen LogP contribution in [0.25, 0.3) is 0 Å².